The molecule has 0 aliphatic carbocycles. The predicted molar refractivity (Wildman–Crippen MR) is 80.2 cm³/mol. The molecule has 22 heavy (non-hydrogen) atoms. The van der Waals surface area contributed by atoms with Crippen molar-refractivity contribution in [1.82, 2.24) is 9.88 Å². The van der Waals surface area contributed by atoms with E-state index in [0.717, 1.165) is 5.56 Å². The van der Waals surface area contributed by atoms with Crippen molar-refractivity contribution in [2.75, 3.05) is 0 Å². The lowest BCUT2D eigenvalue weighted by Crippen LogP contribution is -2.41. The highest BCUT2D eigenvalue weighted by Gasteiger charge is 2.24. The molecule has 2 aromatic rings. The SMILES string of the molecule is Cc1ccc2c(O)c(C(=O)N[C@@H](C)C(=O)O)c(=O)n(C)c2c1. The van der Waals surface area contributed by atoms with E-state index in [-0.39, 0.29) is 0 Å². The molecule has 7 heteroatoms. The standard InChI is InChI=1S/C15H16N2O5/c1-7-4-5-9-10(6-7)17(3)14(20)11(12(9)18)13(19)16-8(2)15(21)22/h4-6,8,18H,1-3H3,(H,16,19)(H,21,22)/t8-/m0/s1. The van der Waals surface area contributed by atoms with Gasteiger partial charge in [0.15, 0.2) is 0 Å². The molecule has 3 N–H and O–H groups in total. The maximum absolute atomic E-state index is 12.3. The van der Waals surface area contributed by atoms with Crippen LogP contribution >= 0.6 is 0 Å². The molecule has 0 radical (unpaired) electrons. The highest BCUT2D eigenvalue weighted by molar-refractivity contribution is 6.03. The number of hydrogen-bond donors (Lipinski definition) is 3. The van der Waals surface area contributed by atoms with Crippen molar-refractivity contribution in [2.24, 2.45) is 7.05 Å². The third-order valence-electron chi connectivity index (χ3n) is 3.47. The van der Waals surface area contributed by atoms with Crippen molar-refractivity contribution in [2.45, 2.75) is 19.9 Å². The van der Waals surface area contributed by atoms with Gasteiger partial charge in [-0.2, -0.15) is 0 Å². The van der Waals surface area contributed by atoms with Gasteiger partial charge >= 0.3 is 5.97 Å². The lowest BCUT2D eigenvalue weighted by molar-refractivity contribution is -0.138. The number of aromatic hydroxyl groups is 1. The average molecular weight is 304 g/mol. The average Bonchev–Trinajstić information content (AvgIpc) is 2.44. The Balaban J connectivity index is 2.65. The van der Waals surface area contributed by atoms with E-state index < -0.39 is 34.8 Å². The minimum Gasteiger partial charge on any atom is -0.506 e. The number of nitrogens with one attached hydrogen (secondary N) is 1. The van der Waals surface area contributed by atoms with Crippen LogP contribution in [0.2, 0.25) is 0 Å². The van der Waals surface area contributed by atoms with E-state index in [4.69, 9.17) is 5.11 Å². The lowest BCUT2D eigenvalue weighted by atomic mass is 10.1. The first-order chi connectivity index (χ1) is 10.2. The fraction of sp³-hybridized carbons (Fsp3) is 0.267. The molecule has 1 aromatic carbocycles. The molecular formula is C15H16N2O5. The summed E-state index contributed by atoms with van der Waals surface area (Å²) in [6.07, 6.45) is 0. The Morgan fingerprint density at radius 3 is 2.55 bits per heavy atom. The number of aromatic nitrogens is 1. The van der Waals surface area contributed by atoms with Crippen molar-refractivity contribution >= 4 is 22.8 Å². The fourth-order valence-electron chi connectivity index (χ4n) is 2.17. The van der Waals surface area contributed by atoms with Crippen LogP contribution in [-0.2, 0) is 11.8 Å². The van der Waals surface area contributed by atoms with Gasteiger partial charge in [-0.05, 0) is 31.5 Å². The largest absolute Gasteiger partial charge is 0.506 e. The smallest absolute Gasteiger partial charge is 0.325 e. The summed E-state index contributed by atoms with van der Waals surface area (Å²) < 4.78 is 1.25. The molecule has 0 bridgehead atoms. The number of nitrogens with zero attached hydrogens (tertiary/aromatic N) is 1. The zero-order valence-corrected chi connectivity index (χ0v) is 12.4. The maximum Gasteiger partial charge on any atom is 0.325 e. The summed E-state index contributed by atoms with van der Waals surface area (Å²) in [4.78, 5) is 35.2. The van der Waals surface area contributed by atoms with E-state index in [1.807, 2.05) is 6.92 Å². The Labute approximate surface area is 125 Å². The van der Waals surface area contributed by atoms with Crippen LogP contribution < -0.4 is 10.9 Å². The number of aryl methyl sites for hydroxylation is 2. The van der Waals surface area contributed by atoms with E-state index >= 15 is 0 Å². The van der Waals surface area contributed by atoms with Crippen molar-refractivity contribution in [3.05, 3.63) is 39.7 Å². The zero-order chi connectivity index (χ0) is 16.6. The fourth-order valence-corrected chi connectivity index (χ4v) is 2.17. The Bertz CT molecular complexity index is 838. The van der Waals surface area contributed by atoms with Gasteiger partial charge in [-0.3, -0.25) is 14.4 Å². The van der Waals surface area contributed by atoms with Crippen molar-refractivity contribution in [3.8, 4) is 5.75 Å². The summed E-state index contributed by atoms with van der Waals surface area (Å²) in [7, 11) is 1.49. The molecule has 1 aromatic heterocycles. The van der Waals surface area contributed by atoms with Gasteiger partial charge in [0.2, 0.25) is 0 Å². The molecule has 0 saturated carbocycles. The summed E-state index contributed by atoms with van der Waals surface area (Å²) in [5.41, 5.74) is 0.238. The number of amides is 1. The van der Waals surface area contributed by atoms with Gasteiger partial charge in [-0.1, -0.05) is 6.07 Å². The number of pyridine rings is 1. The summed E-state index contributed by atoms with van der Waals surface area (Å²) in [5.74, 6) is -2.61. The Hall–Kier alpha value is -2.83. The van der Waals surface area contributed by atoms with E-state index in [1.54, 1.807) is 18.2 Å². The van der Waals surface area contributed by atoms with Crippen LogP contribution in [0.1, 0.15) is 22.8 Å². The molecule has 7 nitrogen and oxygen atoms in total. The Morgan fingerprint density at radius 2 is 1.95 bits per heavy atom. The van der Waals surface area contributed by atoms with Crippen molar-refractivity contribution in [1.29, 1.82) is 0 Å². The first-order valence-electron chi connectivity index (χ1n) is 6.60. The third kappa shape index (κ3) is 2.52. The normalized spacial score (nSPS) is 12.1. The van der Waals surface area contributed by atoms with Crippen LogP contribution in [0.25, 0.3) is 10.9 Å². The van der Waals surface area contributed by atoms with Gasteiger partial charge in [0, 0.05) is 12.4 Å². The second-order valence-electron chi connectivity index (χ2n) is 5.14. The molecule has 1 amide bonds. The molecule has 0 spiro atoms. The summed E-state index contributed by atoms with van der Waals surface area (Å²) >= 11 is 0. The summed E-state index contributed by atoms with van der Waals surface area (Å²) in [6.45, 7) is 3.11. The van der Waals surface area contributed by atoms with Crippen LogP contribution in [-0.4, -0.2) is 32.7 Å². The second-order valence-corrected chi connectivity index (χ2v) is 5.14. The zero-order valence-electron chi connectivity index (χ0n) is 12.4. The lowest BCUT2D eigenvalue weighted by Gasteiger charge is -2.14. The molecule has 1 atom stereocenters. The van der Waals surface area contributed by atoms with Crippen molar-refractivity contribution in [3.63, 3.8) is 0 Å². The van der Waals surface area contributed by atoms with Gasteiger partial charge in [0.25, 0.3) is 11.5 Å². The van der Waals surface area contributed by atoms with E-state index in [9.17, 15) is 19.5 Å². The van der Waals surface area contributed by atoms with Crippen LogP contribution in [0.15, 0.2) is 23.0 Å². The van der Waals surface area contributed by atoms with Gasteiger partial charge in [0.05, 0.1) is 5.52 Å². The third-order valence-corrected chi connectivity index (χ3v) is 3.47. The number of hydrogen-bond acceptors (Lipinski definition) is 4. The van der Waals surface area contributed by atoms with Gasteiger partial charge in [-0.15, -0.1) is 0 Å². The topological polar surface area (TPSA) is 109 Å². The first kappa shape index (κ1) is 15.6. The Morgan fingerprint density at radius 1 is 1.32 bits per heavy atom. The highest BCUT2D eigenvalue weighted by Crippen LogP contribution is 2.26. The number of carboxylic acids is 1. The quantitative estimate of drug-likeness (QED) is 0.775. The van der Waals surface area contributed by atoms with E-state index in [2.05, 4.69) is 5.32 Å². The van der Waals surface area contributed by atoms with Crippen molar-refractivity contribution < 1.29 is 19.8 Å². The van der Waals surface area contributed by atoms with E-state index in [0.29, 0.717) is 10.9 Å². The van der Waals surface area contributed by atoms with Crippen LogP contribution in [0, 0.1) is 6.92 Å². The van der Waals surface area contributed by atoms with Crippen LogP contribution in [0.4, 0.5) is 0 Å². The number of rotatable bonds is 3. The molecule has 0 aliphatic heterocycles. The molecular weight excluding hydrogens is 288 g/mol. The molecule has 0 aliphatic rings. The monoisotopic (exact) mass is 304 g/mol. The molecule has 0 fully saturated rings. The number of benzene rings is 1. The summed E-state index contributed by atoms with van der Waals surface area (Å²) in [5, 5.41) is 21.6. The first-order valence-corrected chi connectivity index (χ1v) is 6.60. The van der Waals surface area contributed by atoms with Gasteiger partial charge in [0.1, 0.15) is 17.4 Å². The van der Waals surface area contributed by atoms with Crippen LogP contribution in [0.5, 0.6) is 5.75 Å². The molecule has 116 valence electrons. The molecule has 0 unspecified atom stereocenters. The molecule has 1 heterocycles. The minimum absolute atomic E-state index is 0.348. The highest BCUT2D eigenvalue weighted by atomic mass is 16.4. The van der Waals surface area contributed by atoms with Gasteiger partial charge in [-0.25, -0.2) is 0 Å². The predicted octanol–water partition coefficient (Wildman–Crippen LogP) is 0.755. The maximum atomic E-state index is 12.3. The van der Waals surface area contributed by atoms with Gasteiger partial charge < -0.3 is 20.1 Å². The number of carboxylic acid groups (broad SMARTS) is 1. The number of carbonyl (C=O) groups excluding carboxylic acids is 1. The second kappa shape index (κ2) is 5.51. The number of fused-ring (bicyclic) bond motifs is 1. The Kier molecular flexibility index (Phi) is 3.90. The minimum atomic E-state index is -1.24. The summed E-state index contributed by atoms with van der Waals surface area (Å²) in [6, 6.07) is 3.90. The molecule has 0 saturated heterocycles. The molecule has 2 rings (SSSR count). The number of aliphatic carboxylic acids is 1. The number of carbonyl (C=O) groups is 2. The van der Waals surface area contributed by atoms with E-state index in [1.165, 1.54) is 18.5 Å². The van der Waals surface area contributed by atoms with Crippen LogP contribution in [0.3, 0.4) is 0 Å².